The fraction of sp³-hybridized carbons (Fsp3) is 0.353. The molecule has 4 nitrogen and oxygen atoms in total. The van der Waals surface area contributed by atoms with Gasteiger partial charge in [-0.15, -0.1) is 0 Å². The lowest BCUT2D eigenvalue weighted by Crippen LogP contribution is -2.27. The number of nitrogens with two attached hydrogens (primary N) is 1. The first kappa shape index (κ1) is 14.0. The number of hydrogen-bond acceptors (Lipinski definition) is 4. The summed E-state index contributed by atoms with van der Waals surface area (Å²) in [6.45, 7) is 2.49. The molecule has 0 fully saturated rings. The normalized spacial score (nSPS) is 17.8. The predicted molar refractivity (Wildman–Crippen MR) is 86.0 cm³/mol. The highest BCUT2D eigenvalue weighted by molar-refractivity contribution is 5.52. The Morgan fingerprint density at radius 2 is 2.19 bits per heavy atom. The molecule has 0 saturated heterocycles. The van der Waals surface area contributed by atoms with Crippen LogP contribution >= 0.6 is 0 Å². The number of rotatable bonds is 4. The molecule has 1 atom stereocenters. The van der Waals surface area contributed by atoms with Gasteiger partial charge in [0.15, 0.2) is 0 Å². The summed E-state index contributed by atoms with van der Waals surface area (Å²) in [7, 11) is 4.14. The Hall–Kier alpha value is -1.91. The second-order valence-corrected chi connectivity index (χ2v) is 5.80. The molecule has 21 heavy (non-hydrogen) atoms. The zero-order chi connectivity index (χ0) is 14.8. The Morgan fingerprint density at radius 3 is 2.86 bits per heavy atom. The number of pyridine rings is 1. The highest BCUT2D eigenvalue weighted by Crippen LogP contribution is 2.36. The average Bonchev–Trinajstić information content (AvgIpc) is 2.84. The molecule has 0 radical (unpaired) electrons. The van der Waals surface area contributed by atoms with Crippen LogP contribution in [-0.2, 0) is 13.1 Å². The number of nitrogens with zero attached hydrogens (tertiary/aromatic N) is 3. The third-order valence-corrected chi connectivity index (χ3v) is 4.15. The smallest absolute Gasteiger partial charge is 0.0481 e. The molecule has 4 heteroatoms. The van der Waals surface area contributed by atoms with Gasteiger partial charge in [0.25, 0.3) is 0 Å². The maximum Gasteiger partial charge on any atom is 0.0481 e. The van der Waals surface area contributed by atoms with Crippen molar-refractivity contribution in [2.75, 3.05) is 25.5 Å². The Kier molecular flexibility index (Phi) is 3.90. The lowest BCUT2D eigenvalue weighted by molar-refractivity contribution is 0.211. The molecule has 3 rings (SSSR count). The van der Waals surface area contributed by atoms with Crippen molar-refractivity contribution in [1.82, 2.24) is 9.88 Å². The topological polar surface area (TPSA) is 45.4 Å². The molecule has 0 spiro atoms. The van der Waals surface area contributed by atoms with Crippen molar-refractivity contribution in [3.05, 3.63) is 59.4 Å². The van der Waals surface area contributed by atoms with Crippen LogP contribution in [0.25, 0.3) is 0 Å². The minimum atomic E-state index is 0.292. The molecule has 0 saturated carbocycles. The van der Waals surface area contributed by atoms with Gasteiger partial charge in [-0.2, -0.15) is 0 Å². The van der Waals surface area contributed by atoms with Gasteiger partial charge in [-0.05, 0) is 34.9 Å². The largest absolute Gasteiger partial charge is 0.378 e. The summed E-state index contributed by atoms with van der Waals surface area (Å²) in [6, 6.07) is 11.1. The van der Waals surface area contributed by atoms with Crippen molar-refractivity contribution in [1.29, 1.82) is 0 Å². The van der Waals surface area contributed by atoms with Gasteiger partial charge < -0.3 is 10.6 Å². The average molecular weight is 282 g/mol. The summed E-state index contributed by atoms with van der Waals surface area (Å²) in [5, 5.41) is 0. The second kappa shape index (κ2) is 5.84. The number of fused-ring (bicyclic) bond motifs is 1. The van der Waals surface area contributed by atoms with Gasteiger partial charge in [-0.3, -0.25) is 9.88 Å². The van der Waals surface area contributed by atoms with Crippen LogP contribution in [0.5, 0.6) is 0 Å². The van der Waals surface area contributed by atoms with Crippen LogP contribution in [-0.4, -0.2) is 30.5 Å². The van der Waals surface area contributed by atoms with E-state index in [4.69, 9.17) is 5.73 Å². The Bertz CT molecular complexity index is 609. The number of hydrogen-bond donors (Lipinski definition) is 1. The maximum absolute atomic E-state index is 6.05. The van der Waals surface area contributed by atoms with Crippen LogP contribution < -0.4 is 10.6 Å². The first-order valence-corrected chi connectivity index (χ1v) is 7.32. The first-order chi connectivity index (χ1) is 10.2. The van der Waals surface area contributed by atoms with Crippen molar-refractivity contribution in [2.45, 2.75) is 19.1 Å². The quantitative estimate of drug-likeness (QED) is 0.933. The highest BCUT2D eigenvalue weighted by atomic mass is 15.2. The maximum atomic E-state index is 6.05. The van der Waals surface area contributed by atoms with E-state index in [1.54, 1.807) is 0 Å². The zero-order valence-electron chi connectivity index (χ0n) is 12.7. The standard InChI is InChI=1S/C17H22N4/c1-20(2)15-6-5-14-12-21(17(9-18)16(14)8-15)11-13-4-3-7-19-10-13/h3-8,10,17H,9,11-12,18H2,1-2H3. The van der Waals surface area contributed by atoms with E-state index in [9.17, 15) is 0 Å². The summed E-state index contributed by atoms with van der Waals surface area (Å²) in [6.07, 6.45) is 3.74. The fourth-order valence-electron chi connectivity index (χ4n) is 3.01. The van der Waals surface area contributed by atoms with E-state index < -0.39 is 0 Å². The number of benzene rings is 1. The van der Waals surface area contributed by atoms with E-state index in [0.717, 1.165) is 13.1 Å². The molecule has 110 valence electrons. The SMILES string of the molecule is CN(C)c1ccc2c(c1)C(CN)N(Cc1cccnc1)C2. The lowest BCUT2D eigenvalue weighted by atomic mass is 10.0. The minimum Gasteiger partial charge on any atom is -0.378 e. The van der Waals surface area contributed by atoms with Gasteiger partial charge in [-0.25, -0.2) is 0 Å². The predicted octanol–water partition coefficient (Wildman–Crippen LogP) is 2.16. The van der Waals surface area contributed by atoms with Gasteiger partial charge in [0.1, 0.15) is 0 Å². The lowest BCUT2D eigenvalue weighted by Gasteiger charge is -2.24. The molecular formula is C17H22N4. The zero-order valence-corrected chi connectivity index (χ0v) is 12.7. The second-order valence-electron chi connectivity index (χ2n) is 5.80. The highest BCUT2D eigenvalue weighted by Gasteiger charge is 2.29. The molecule has 2 aromatic rings. The van der Waals surface area contributed by atoms with Crippen molar-refractivity contribution in [3.63, 3.8) is 0 Å². The molecule has 0 amide bonds. The van der Waals surface area contributed by atoms with Crippen molar-refractivity contribution in [2.24, 2.45) is 5.73 Å². The third kappa shape index (κ3) is 2.77. The van der Waals surface area contributed by atoms with Crippen LogP contribution in [0.2, 0.25) is 0 Å². The Labute approximate surface area is 126 Å². The van der Waals surface area contributed by atoms with E-state index in [0.29, 0.717) is 12.6 Å². The number of anilines is 1. The van der Waals surface area contributed by atoms with Gasteiger partial charge >= 0.3 is 0 Å². The molecule has 0 aliphatic carbocycles. The van der Waals surface area contributed by atoms with Crippen molar-refractivity contribution >= 4 is 5.69 Å². The van der Waals surface area contributed by atoms with E-state index in [1.807, 2.05) is 18.5 Å². The van der Waals surface area contributed by atoms with E-state index in [-0.39, 0.29) is 0 Å². The van der Waals surface area contributed by atoms with E-state index in [1.165, 1.54) is 22.4 Å². The van der Waals surface area contributed by atoms with Gasteiger partial charge in [0.05, 0.1) is 0 Å². The molecular weight excluding hydrogens is 260 g/mol. The van der Waals surface area contributed by atoms with Crippen LogP contribution in [0, 0.1) is 0 Å². The molecule has 2 heterocycles. The minimum absolute atomic E-state index is 0.292. The number of aromatic nitrogens is 1. The van der Waals surface area contributed by atoms with E-state index in [2.05, 4.69) is 53.1 Å². The third-order valence-electron chi connectivity index (χ3n) is 4.15. The summed E-state index contributed by atoms with van der Waals surface area (Å²) in [5.41, 5.74) is 11.3. The molecule has 1 aromatic carbocycles. The summed E-state index contributed by atoms with van der Waals surface area (Å²) in [4.78, 5) is 8.77. The first-order valence-electron chi connectivity index (χ1n) is 7.32. The van der Waals surface area contributed by atoms with Gasteiger partial charge in [0, 0.05) is 57.9 Å². The van der Waals surface area contributed by atoms with E-state index >= 15 is 0 Å². The van der Waals surface area contributed by atoms with Crippen LogP contribution in [0.1, 0.15) is 22.7 Å². The van der Waals surface area contributed by atoms with Crippen LogP contribution in [0.4, 0.5) is 5.69 Å². The molecule has 1 unspecified atom stereocenters. The monoisotopic (exact) mass is 282 g/mol. The summed E-state index contributed by atoms with van der Waals surface area (Å²) in [5.74, 6) is 0. The molecule has 1 aromatic heterocycles. The van der Waals surface area contributed by atoms with Crippen LogP contribution in [0.15, 0.2) is 42.7 Å². The molecule has 2 N–H and O–H groups in total. The van der Waals surface area contributed by atoms with Gasteiger partial charge in [0.2, 0.25) is 0 Å². The fourth-order valence-corrected chi connectivity index (χ4v) is 3.01. The van der Waals surface area contributed by atoms with Crippen molar-refractivity contribution in [3.8, 4) is 0 Å². The van der Waals surface area contributed by atoms with Crippen molar-refractivity contribution < 1.29 is 0 Å². The summed E-state index contributed by atoms with van der Waals surface area (Å²) < 4.78 is 0. The Morgan fingerprint density at radius 1 is 1.33 bits per heavy atom. The molecule has 1 aliphatic heterocycles. The van der Waals surface area contributed by atoms with Crippen LogP contribution in [0.3, 0.4) is 0 Å². The molecule has 0 bridgehead atoms. The summed E-state index contributed by atoms with van der Waals surface area (Å²) >= 11 is 0. The molecule has 1 aliphatic rings. The van der Waals surface area contributed by atoms with Gasteiger partial charge in [-0.1, -0.05) is 12.1 Å². The Balaban J connectivity index is 1.86.